The molecule has 1 aromatic heterocycles. The Labute approximate surface area is 104 Å². The first kappa shape index (κ1) is 12.1. The fraction of sp³-hybridized carbons (Fsp3) is 0.455. The van der Waals surface area contributed by atoms with Gasteiger partial charge in [0.15, 0.2) is 0 Å². The van der Waals surface area contributed by atoms with Gasteiger partial charge in [0.25, 0.3) is 0 Å². The maximum absolute atomic E-state index is 10.9. The fourth-order valence-corrected chi connectivity index (χ4v) is 2.14. The third kappa shape index (κ3) is 2.50. The van der Waals surface area contributed by atoms with Crippen molar-refractivity contribution in [3.05, 3.63) is 22.8 Å². The molecule has 1 aromatic rings. The average molecular weight is 257 g/mol. The molecule has 1 fully saturated rings. The molecule has 2 N–H and O–H groups in total. The lowest BCUT2D eigenvalue weighted by Gasteiger charge is -2.17. The molecule has 1 aliphatic rings. The SMILES string of the molecule is O=C(O)c1cc(N2CCC(CO)C2)ncc1Cl. The average Bonchev–Trinajstić information content (AvgIpc) is 2.78. The fourth-order valence-electron chi connectivity index (χ4n) is 1.95. The van der Waals surface area contributed by atoms with Gasteiger partial charge in [0.05, 0.1) is 10.6 Å². The van der Waals surface area contributed by atoms with Gasteiger partial charge in [-0.1, -0.05) is 11.6 Å². The molecule has 1 atom stereocenters. The molecule has 2 rings (SSSR count). The van der Waals surface area contributed by atoms with Crippen molar-refractivity contribution in [1.82, 2.24) is 4.98 Å². The molecular formula is C11H13ClN2O3. The van der Waals surface area contributed by atoms with Gasteiger partial charge >= 0.3 is 5.97 Å². The molecule has 0 bridgehead atoms. The first-order chi connectivity index (χ1) is 8.11. The second-order valence-electron chi connectivity index (χ2n) is 4.11. The maximum Gasteiger partial charge on any atom is 0.337 e. The number of halogens is 1. The minimum Gasteiger partial charge on any atom is -0.478 e. The zero-order valence-corrected chi connectivity index (χ0v) is 9.89. The topological polar surface area (TPSA) is 73.7 Å². The van der Waals surface area contributed by atoms with Crippen molar-refractivity contribution in [3.63, 3.8) is 0 Å². The zero-order chi connectivity index (χ0) is 12.4. The summed E-state index contributed by atoms with van der Waals surface area (Å²) in [5.74, 6) is -0.222. The van der Waals surface area contributed by atoms with Crippen LogP contribution in [-0.4, -0.2) is 40.9 Å². The van der Waals surface area contributed by atoms with E-state index >= 15 is 0 Å². The number of aromatic nitrogens is 1. The first-order valence-corrected chi connectivity index (χ1v) is 5.74. The number of nitrogens with zero attached hydrogens (tertiary/aromatic N) is 2. The number of anilines is 1. The summed E-state index contributed by atoms with van der Waals surface area (Å²) in [5.41, 5.74) is 0.0594. The van der Waals surface area contributed by atoms with Crippen LogP contribution in [0.5, 0.6) is 0 Å². The van der Waals surface area contributed by atoms with Crippen LogP contribution >= 0.6 is 11.6 Å². The summed E-state index contributed by atoms with van der Waals surface area (Å²) < 4.78 is 0. The van der Waals surface area contributed by atoms with Crippen molar-refractivity contribution in [2.24, 2.45) is 5.92 Å². The number of carboxylic acids is 1. The number of hydrogen-bond donors (Lipinski definition) is 2. The molecule has 0 radical (unpaired) electrons. The normalized spacial score (nSPS) is 19.6. The molecule has 1 aliphatic heterocycles. The van der Waals surface area contributed by atoms with E-state index in [-0.39, 0.29) is 23.1 Å². The van der Waals surface area contributed by atoms with Gasteiger partial charge in [0.1, 0.15) is 5.82 Å². The lowest BCUT2D eigenvalue weighted by Crippen LogP contribution is -2.22. The Morgan fingerprint density at radius 3 is 3.00 bits per heavy atom. The van der Waals surface area contributed by atoms with Crippen molar-refractivity contribution in [3.8, 4) is 0 Å². The van der Waals surface area contributed by atoms with Gasteiger partial charge in [-0.15, -0.1) is 0 Å². The molecular weight excluding hydrogens is 244 g/mol. The van der Waals surface area contributed by atoms with E-state index in [4.69, 9.17) is 21.8 Å². The van der Waals surface area contributed by atoms with Crippen LogP contribution in [0.2, 0.25) is 5.02 Å². The van der Waals surface area contributed by atoms with Crippen LogP contribution in [0.4, 0.5) is 5.82 Å². The summed E-state index contributed by atoms with van der Waals surface area (Å²) in [5, 5.41) is 18.2. The largest absolute Gasteiger partial charge is 0.478 e. The Balaban J connectivity index is 2.22. The molecule has 92 valence electrons. The van der Waals surface area contributed by atoms with Crippen molar-refractivity contribution in [2.75, 3.05) is 24.6 Å². The molecule has 1 unspecified atom stereocenters. The van der Waals surface area contributed by atoms with E-state index in [0.717, 1.165) is 13.0 Å². The third-order valence-electron chi connectivity index (χ3n) is 2.94. The standard InChI is InChI=1S/C11H13ClN2O3/c12-9-4-13-10(3-8(9)11(16)17)14-2-1-7(5-14)6-15/h3-4,7,15H,1-2,5-6H2,(H,16,17). The van der Waals surface area contributed by atoms with Gasteiger partial charge in [-0.2, -0.15) is 0 Å². The maximum atomic E-state index is 10.9. The second kappa shape index (κ2) is 4.89. The predicted octanol–water partition coefficient (Wildman–Crippen LogP) is 1.25. The Morgan fingerprint density at radius 2 is 2.41 bits per heavy atom. The number of pyridine rings is 1. The number of rotatable bonds is 3. The first-order valence-electron chi connectivity index (χ1n) is 5.36. The Kier molecular flexibility index (Phi) is 3.49. The van der Waals surface area contributed by atoms with Crippen molar-refractivity contribution in [1.29, 1.82) is 0 Å². The number of aromatic carboxylic acids is 1. The third-order valence-corrected chi connectivity index (χ3v) is 3.24. The van der Waals surface area contributed by atoms with Gasteiger partial charge in [0, 0.05) is 31.8 Å². The Morgan fingerprint density at radius 1 is 1.65 bits per heavy atom. The molecule has 0 amide bonds. The zero-order valence-electron chi connectivity index (χ0n) is 9.14. The van der Waals surface area contributed by atoms with E-state index in [9.17, 15) is 4.79 Å². The highest BCUT2D eigenvalue weighted by molar-refractivity contribution is 6.33. The van der Waals surface area contributed by atoms with Gasteiger partial charge in [-0.3, -0.25) is 0 Å². The number of aliphatic hydroxyl groups is 1. The monoisotopic (exact) mass is 256 g/mol. The lowest BCUT2D eigenvalue weighted by molar-refractivity contribution is 0.0697. The molecule has 0 aromatic carbocycles. The second-order valence-corrected chi connectivity index (χ2v) is 4.52. The summed E-state index contributed by atoms with van der Waals surface area (Å²) in [7, 11) is 0. The smallest absolute Gasteiger partial charge is 0.337 e. The van der Waals surface area contributed by atoms with Gasteiger partial charge in [-0.25, -0.2) is 9.78 Å². The minimum atomic E-state index is -1.06. The van der Waals surface area contributed by atoms with Crippen LogP contribution in [0.25, 0.3) is 0 Å². The van der Waals surface area contributed by atoms with E-state index < -0.39 is 5.97 Å². The van der Waals surface area contributed by atoms with Crippen LogP contribution in [-0.2, 0) is 0 Å². The summed E-state index contributed by atoms with van der Waals surface area (Å²) in [6.45, 7) is 1.62. The number of hydrogen-bond acceptors (Lipinski definition) is 4. The van der Waals surface area contributed by atoms with E-state index in [2.05, 4.69) is 4.98 Å². The molecule has 17 heavy (non-hydrogen) atoms. The van der Waals surface area contributed by atoms with Crippen LogP contribution in [0.1, 0.15) is 16.8 Å². The summed E-state index contributed by atoms with van der Waals surface area (Å²) in [6.07, 6.45) is 2.25. The van der Waals surface area contributed by atoms with Crippen molar-refractivity contribution < 1.29 is 15.0 Å². The Bertz CT molecular complexity index is 439. The molecule has 0 aliphatic carbocycles. The summed E-state index contributed by atoms with van der Waals surface area (Å²) >= 11 is 5.75. The van der Waals surface area contributed by atoms with Crippen molar-refractivity contribution in [2.45, 2.75) is 6.42 Å². The molecule has 2 heterocycles. The summed E-state index contributed by atoms with van der Waals surface area (Å²) in [6, 6.07) is 1.48. The van der Waals surface area contributed by atoms with Crippen LogP contribution < -0.4 is 4.90 Å². The number of carbonyl (C=O) groups is 1. The molecule has 5 nitrogen and oxygen atoms in total. The Hall–Kier alpha value is -1.33. The van der Waals surface area contributed by atoms with E-state index in [1.165, 1.54) is 12.3 Å². The lowest BCUT2D eigenvalue weighted by atomic mass is 10.1. The van der Waals surface area contributed by atoms with Crippen LogP contribution in [0.3, 0.4) is 0 Å². The molecule has 0 spiro atoms. The quantitative estimate of drug-likeness (QED) is 0.852. The number of carboxylic acid groups (broad SMARTS) is 1. The van der Waals surface area contributed by atoms with Crippen LogP contribution in [0, 0.1) is 5.92 Å². The van der Waals surface area contributed by atoms with Gasteiger partial charge < -0.3 is 15.1 Å². The predicted molar refractivity (Wildman–Crippen MR) is 63.6 cm³/mol. The van der Waals surface area contributed by atoms with E-state index in [1.54, 1.807) is 0 Å². The van der Waals surface area contributed by atoms with Gasteiger partial charge in [-0.05, 0) is 12.5 Å². The van der Waals surface area contributed by atoms with Crippen molar-refractivity contribution >= 4 is 23.4 Å². The number of aliphatic hydroxyl groups excluding tert-OH is 1. The highest BCUT2D eigenvalue weighted by Gasteiger charge is 2.23. The summed E-state index contributed by atoms with van der Waals surface area (Å²) in [4.78, 5) is 17.0. The molecule has 0 saturated carbocycles. The highest BCUT2D eigenvalue weighted by Crippen LogP contribution is 2.25. The van der Waals surface area contributed by atoms with Crippen LogP contribution in [0.15, 0.2) is 12.3 Å². The minimum absolute atomic E-state index is 0.0594. The van der Waals surface area contributed by atoms with E-state index in [0.29, 0.717) is 12.4 Å². The van der Waals surface area contributed by atoms with Gasteiger partial charge in [0.2, 0.25) is 0 Å². The highest BCUT2D eigenvalue weighted by atomic mass is 35.5. The molecule has 1 saturated heterocycles. The molecule has 6 heteroatoms. The van der Waals surface area contributed by atoms with E-state index in [1.807, 2.05) is 4.90 Å².